The number of aromatic nitrogens is 1. The number of Topliss-reactive ketones (excluding diaryl/α,β-unsaturated/α-hetero) is 1. The summed E-state index contributed by atoms with van der Waals surface area (Å²) in [5, 5.41) is 10.1. The molecule has 3 rings (SSSR count). The van der Waals surface area contributed by atoms with Crippen LogP contribution in [0, 0.1) is 11.8 Å². The zero-order chi connectivity index (χ0) is 19.6. The van der Waals surface area contributed by atoms with Gasteiger partial charge >= 0.3 is 5.97 Å². The molecule has 1 aliphatic heterocycles. The van der Waals surface area contributed by atoms with Gasteiger partial charge in [0.25, 0.3) is 0 Å². The van der Waals surface area contributed by atoms with E-state index in [1.165, 1.54) is 4.90 Å². The van der Waals surface area contributed by atoms with Crippen molar-refractivity contribution in [2.45, 2.75) is 39.2 Å². The Morgan fingerprint density at radius 1 is 1.22 bits per heavy atom. The second-order valence-corrected chi connectivity index (χ2v) is 7.38. The van der Waals surface area contributed by atoms with E-state index in [0.717, 1.165) is 10.9 Å². The van der Waals surface area contributed by atoms with Gasteiger partial charge < -0.3 is 10.0 Å². The second kappa shape index (κ2) is 7.86. The average molecular weight is 368 g/mol. The van der Waals surface area contributed by atoms with Gasteiger partial charge in [-0.1, -0.05) is 32.0 Å². The Balaban J connectivity index is 1.85. The third-order valence-electron chi connectivity index (χ3n) is 5.30. The molecule has 1 aliphatic rings. The Morgan fingerprint density at radius 2 is 1.96 bits per heavy atom. The minimum absolute atomic E-state index is 0.0628. The number of rotatable bonds is 6. The molecule has 2 atom stereocenters. The van der Waals surface area contributed by atoms with Crippen molar-refractivity contribution in [2.24, 2.45) is 11.8 Å². The fourth-order valence-corrected chi connectivity index (χ4v) is 3.76. The van der Waals surface area contributed by atoms with E-state index in [0.29, 0.717) is 24.9 Å². The van der Waals surface area contributed by atoms with Crippen molar-refractivity contribution in [3.05, 3.63) is 42.1 Å². The van der Waals surface area contributed by atoms with E-state index in [-0.39, 0.29) is 24.0 Å². The predicted octanol–water partition coefficient (Wildman–Crippen LogP) is 3.16. The van der Waals surface area contributed by atoms with Gasteiger partial charge in [0.15, 0.2) is 5.78 Å². The Bertz CT molecular complexity index is 872. The lowest BCUT2D eigenvalue weighted by Crippen LogP contribution is -2.45. The van der Waals surface area contributed by atoms with Gasteiger partial charge in [0.05, 0.1) is 5.52 Å². The van der Waals surface area contributed by atoms with Crippen LogP contribution in [-0.2, 0) is 9.59 Å². The number of fused-ring (bicyclic) bond motifs is 1. The molecule has 0 spiro atoms. The molecule has 1 N–H and O–H groups in total. The number of likely N-dealkylation sites (tertiary alicyclic amines) is 1. The van der Waals surface area contributed by atoms with Gasteiger partial charge in [-0.3, -0.25) is 14.6 Å². The highest BCUT2D eigenvalue weighted by atomic mass is 16.4. The second-order valence-electron chi connectivity index (χ2n) is 7.38. The standard InChI is InChI=1S/C21H24N2O4/c1-13(2)16(20(25)23-11-5-8-18(23)21(26)27)12-19(24)15-9-10-22-17-7-4-3-6-14(15)17/h3-4,6-7,9-10,13,16,18H,5,8,11-12H2,1-2H3,(H,26,27)/t16-,18-/m0/s1. The molecule has 0 saturated carbocycles. The SMILES string of the molecule is CC(C)[C@H](CC(=O)c1ccnc2ccccc12)C(=O)N1CCC[C@H]1C(=O)O. The van der Waals surface area contributed by atoms with E-state index >= 15 is 0 Å². The third kappa shape index (κ3) is 3.84. The maximum absolute atomic E-state index is 13.0. The highest BCUT2D eigenvalue weighted by molar-refractivity contribution is 6.08. The van der Waals surface area contributed by atoms with Crippen LogP contribution in [0.5, 0.6) is 0 Å². The molecule has 0 bridgehead atoms. The number of aliphatic carboxylic acids is 1. The number of carboxylic acids is 1. The number of carbonyl (C=O) groups is 3. The number of carbonyl (C=O) groups excluding carboxylic acids is 2. The van der Waals surface area contributed by atoms with Crippen LogP contribution < -0.4 is 0 Å². The molecule has 1 fully saturated rings. The maximum Gasteiger partial charge on any atom is 0.326 e. The largest absolute Gasteiger partial charge is 0.480 e. The van der Waals surface area contributed by atoms with Crippen LogP contribution in [0.3, 0.4) is 0 Å². The number of benzene rings is 1. The van der Waals surface area contributed by atoms with E-state index in [1.54, 1.807) is 12.3 Å². The first-order valence-corrected chi connectivity index (χ1v) is 9.30. The van der Waals surface area contributed by atoms with Gasteiger partial charge in [0.1, 0.15) is 6.04 Å². The fourth-order valence-electron chi connectivity index (χ4n) is 3.76. The lowest BCUT2D eigenvalue weighted by molar-refractivity contribution is -0.150. The van der Waals surface area contributed by atoms with E-state index < -0.39 is 17.9 Å². The quantitative estimate of drug-likeness (QED) is 0.792. The molecule has 6 heteroatoms. The van der Waals surface area contributed by atoms with Gasteiger partial charge in [0, 0.05) is 36.0 Å². The number of pyridine rings is 1. The topological polar surface area (TPSA) is 87.6 Å². The number of para-hydroxylation sites is 1. The lowest BCUT2D eigenvalue weighted by Gasteiger charge is -2.28. The number of nitrogens with zero attached hydrogens (tertiary/aromatic N) is 2. The van der Waals surface area contributed by atoms with Crippen LogP contribution in [-0.4, -0.2) is 45.2 Å². The molecule has 0 radical (unpaired) electrons. The first-order valence-electron chi connectivity index (χ1n) is 9.30. The minimum atomic E-state index is -0.977. The van der Waals surface area contributed by atoms with Crippen molar-refractivity contribution in [3.8, 4) is 0 Å². The number of amides is 1. The summed E-state index contributed by atoms with van der Waals surface area (Å²) in [5.41, 5.74) is 1.29. The minimum Gasteiger partial charge on any atom is -0.480 e. The van der Waals surface area contributed by atoms with E-state index in [1.807, 2.05) is 38.1 Å². The fraction of sp³-hybridized carbons (Fsp3) is 0.429. The average Bonchev–Trinajstić information content (AvgIpc) is 3.15. The molecule has 1 aromatic carbocycles. The number of ketones is 1. The summed E-state index contributed by atoms with van der Waals surface area (Å²) in [6.07, 6.45) is 2.81. The summed E-state index contributed by atoms with van der Waals surface area (Å²) in [4.78, 5) is 43.2. The molecule has 1 saturated heterocycles. The first kappa shape index (κ1) is 19.0. The van der Waals surface area contributed by atoms with E-state index in [9.17, 15) is 19.5 Å². The highest BCUT2D eigenvalue weighted by Crippen LogP contribution is 2.27. The molecule has 2 aromatic rings. The molecule has 27 heavy (non-hydrogen) atoms. The summed E-state index contributed by atoms with van der Waals surface area (Å²) in [7, 11) is 0. The van der Waals surface area contributed by atoms with Gasteiger partial charge in [0.2, 0.25) is 5.91 Å². The lowest BCUT2D eigenvalue weighted by atomic mass is 9.87. The number of carboxylic acid groups (broad SMARTS) is 1. The molecule has 0 aliphatic carbocycles. The molecule has 2 heterocycles. The van der Waals surface area contributed by atoms with Crippen molar-refractivity contribution < 1.29 is 19.5 Å². The number of hydrogen-bond donors (Lipinski definition) is 1. The van der Waals surface area contributed by atoms with Crippen LogP contribution in [0.4, 0.5) is 0 Å². The van der Waals surface area contributed by atoms with Crippen LogP contribution >= 0.6 is 0 Å². The molecule has 1 aromatic heterocycles. The maximum atomic E-state index is 13.0. The normalized spacial score (nSPS) is 18.0. The van der Waals surface area contributed by atoms with Gasteiger partial charge in [-0.05, 0) is 30.9 Å². The zero-order valence-electron chi connectivity index (χ0n) is 15.6. The molecule has 1 amide bonds. The van der Waals surface area contributed by atoms with Crippen LogP contribution in [0.25, 0.3) is 10.9 Å². The first-order chi connectivity index (χ1) is 12.9. The van der Waals surface area contributed by atoms with E-state index in [4.69, 9.17) is 0 Å². The van der Waals surface area contributed by atoms with Crippen molar-refractivity contribution in [1.29, 1.82) is 0 Å². The zero-order valence-corrected chi connectivity index (χ0v) is 15.6. The van der Waals surface area contributed by atoms with Crippen molar-refractivity contribution in [3.63, 3.8) is 0 Å². The molecule has 142 valence electrons. The Morgan fingerprint density at radius 3 is 2.67 bits per heavy atom. The summed E-state index contributed by atoms with van der Waals surface area (Å²) in [6.45, 7) is 4.23. The van der Waals surface area contributed by atoms with Crippen LogP contribution in [0.15, 0.2) is 36.5 Å². The number of hydrogen-bond acceptors (Lipinski definition) is 4. The summed E-state index contributed by atoms with van der Waals surface area (Å²) in [5.74, 6) is -1.93. The Hall–Kier alpha value is -2.76. The van der Waals surface area contributed by atoms with Crippen LogP contribution in [0.1, 0.15) is 43.5 Å². The summed E-state index contributed by atoms with van der Waals surface area (Å²) in [6, 6.07) is 8.32. The Labute approximate surface area is 158 Å². The van der Waals surface area contributed by atoms with Crippen molar-refractivity contribution in [1.82, 2.24) is 9.88 Å². The predicted molar refractivity (Wildman–Crippen MR) is 101 cm³/mol. The molecule has 0 unspecified atom stereocenters. The van der Waals surface area contributed by atoms with Gasteiger partial charge in [-0.25, -0.2) is 4.79 Å². The van der Waals surface area contributed by atoms with Crippen molar-refractivity contribution in [2.75, 3.05) is 6.54 Å². The molecular weight excluding hydrogens is 344 g/mol. The summed E-state index contributed by atoms with van der Waals surface area (Å²) >= 11 is 0. The van der Waals surface area contributed by atoms with Gasteiger partial charge in [-0.2, -0.15) is 0 Å². The Kier molecular flexibility index (Phi) is 5.54. The molecular formula is C21H24N2O4. The monoisotopic (exact) mass is 368 g/mol. The van der Waals surface area contributed by atoms with E-state index in [2.05, 4.69) is 4.98 Å². The third-order valence-corrected chi connectivity index (χ3v) is 5.30. The summed E-state index contributed by atoms with van der Waals surface area (Å²) < 4.78 is 0. The van der Waals surface area contributed by atoms with Crippen molar-refractivity contribution >= 4 is 28.6 Å². The van der Waals surface area contributed by atoms with Crippen LogP contribution in [0.2, 0.25) is 0 Å². The van der Waals surface area contributed by atoms with Gasteiger partial charge in [-0.15, -0.1) is 0 Å². The smallest absolute Gasteiger partial charge is 0.326 e. The molecule has 6 nitrogen and oxygen atoms in total. The highest BCUT2D eigenvalue weighted by Gasteiger charge is 2.38.